The van der Waals surface area contributed by atoms with Gasteiger partial charge >= 0.3 is 0 Å². The van der Waals surface area contributed by atoms with E-state index in [0.717, 1.165) is 54.9 Å². The number of H-pyrrole nitrogens is 1. The van der Waals surface area contributed by atoms with Crippen molar-refractivity contribution in [3.63, 3.8) is 0 Å². The molecule has 1 aliphatic rings. The van der Waals surface area contributed by atoms with E-state index in [1.165, 1.54) is 4.68 Å². The molecule has 0 radical (unpaired) electrons. The van der Waals surface area contributed by atoms with E-state index in [9.17, 15) is 9.90 Å². The van der Waals surface area contributed by atoms with Crippen LogP contribution in [0.25, 0.3) is 0 Å². The van der Waals surface area contributed by atoms with Gasteiger partial charge in [0, 0.05) is 23.7 Å². The van der Waals surface area contributed by atoms with E-state index in [2.05, 4.69) is 22.1 Å². The van der Waals surface area contributed by atoms with Gasteiger partial charge in [0.2, 0.25) is 5.88 Å². The maximum atomic E-state index is 12.9. The van der Waals surface area contributed by atoms with Gasteiger partial charge in [0.15, 0.2) is 0 Å². The van der Waals surface area contributed by atoms with Gasteiger partial charge in [-0.1, -0.05) is 78.0 Å². The molecule has 6 nitrogen and oxygen atoms in total. The number of aromatic hydroxyl groups is 1. The molecule has 0 amide bonds. The number of ether oxygens (including phenoxy) is 1. The average molecular weight is 494 g/mol. The maximum absolute atomic E-state index is 12.9. The molecular weight excluding hydrogens is 470 g/mol. The quantitative estimate of drug-likeness (QED) is 0.388. The van der Waals surface area contributed by atoms with Crippen molar-refractivity contribution >= 4 is 29.1 Å². The third-order valence-electron chi connectivity index (χ3n) is 5.87. The van der Waals surface area contributed by atoms with E-state index < -0.39 is 6.04 Å². The second-order valence-electron chi connectivity index (χ2n) is 8.00. The van der Waals surface area contributed by atoms with Gasteiger partial charge in [0.05, 0.1) is 18.2 Å². The average Bonchev–Trinajstić information content (AvgIpc) is 3.15. The van der Waals surface area contributed by atoms with Crippen molar-refractivity contribution in [1.82, 2.24) is 9.78 Å². The van der Waals surface area contributed by atoms with E-state index >= 15 is 0 Å². The molecule has 0 bridgehead atoms. The van der Waals surface area contributed by atoms with Crippen LogP contribution in [0.2, 0.25) is 5.02 Å². The summed E-state index contributed by atoms with van der Waals surface area (Å²) in [6, 6.07) is 24.9. The molecule has 1 aliphatic heterocycles. The Bertz CT molecular complexity index is 1320. The Morgan fingerprint density at radius 2 is 1.56 bits per heavy atom. The summed E-state index contributed by atoms with van der Waals surface area (Å²) in [5.41, 5.74) is 2.64. The number of hydrogen-bond donors (Lipinski definition) is 2. The Hall–Kier alpha value is -3.13. The molecule has 8 heteroatoms. The summed E-state index contributed by atoms with van der Waals surface area (Å²) < 4.78 is 6.99. The third-order valence-corrected chi connectivity index (χ3v) is 7.46. The van der Waals surface area contributed by atoms with Crippen molar-refractivity contribution in [3.8, 4) is 5.88 Å². The lowest BCUT2D eigenvalue weighted by Gasteiger charge is -2.29. The van der Waals surface area contributed by atoms with Gasteiger partial charge in [-0.3, -0.25) is 9.89 Å². The van der Waals surface area contributed by atoms with Crippen molar-refractivity contribution in [1.29, 1.82) is 0 Å². The first kappa shape index (κ1) is 22.7. The topological polar surface area (TPSA) is 70.5 Å². The summed E-state index contributed by atoms with van der Waals surface area (Å²) >= 11 is 7.44. The van der Waals surface area contributed by atoms with Crippen LogP contribution in [0, 0.1) is 0 Å². The number of aromatic nitrogens is 2. The van der Waals surface area contributed by atoms with Crippen LogP contribution in [0.5, 0.6) is 5.88 Å². The van der Waals surface area contributed by atoms with Crippen molar-refractivity contribution < 1.29 is 9.84 Å². The zero-order chi connectivity index (χ0) is 23.5. The first-order valence-corrected chi connectivity index (χ1v) is 12.2. The van der Waals surface area contributed by atoms with Crippen molar-refractivity contribution in [3.05, 3.63) is 105 Å². The minimum atomic E-state index is -0.409. The number of nitrogens with zero attached hydrogens (tertiary/aromatic N) is 2. The predicted octanol–water partition coefficient (Wildman–Crippen LogP) is 5.16. The summed E-state index contributed by atoms with van der Waals surface area (Å²) in [6.45, 7) is 3.16. The molecule has 3 aromatic carbocycles. The zero-order valence-electron chi connectivity index (χ0n) is 18.4. The number of morpholine rings is 1. The molecule has 1 fully saturated rings. The monoisotopic (exact) mass is 493 g/mol. The highest BCUT2D eigenvalue weighted by atomic mass is 35.5. The third kappa shape index (κ3) is 4.59. The Kier molecular flexibility index (Phi) is 6.67. The lowest BCUT2D eigenvalue weighted by Crippen LogP contribution is -2.36. The number of aromatic amines is 1. The molecule has 1 aromatic heterocycles. The molecule has 0 spiro atoms. The van der Waals surface area contributed by atoms with Crippen LogP contribution in [0.15, 0.2) is 93.4 Å². The van der Waals surface area contributed by atoms with Crippen molar-refractivity contribution in [2.45, 2.75) is 15.8 Å². The van der Waals surface area contributed by atoms with Gasteiger partial charge in [-0.25, -0.2) is 4.68 Å². The molecule has 2 N–H and O–H groups in total. The fourth-order valence-corrected chi connectivity index (χ4v) is 5.27. The Labute approximate surface area is 206 Å². The molecule has 174 valence electrons. The van der Waals surface area contributed by atoms with E-state index in [1.54, 1.807) is 6.07 Å². The summed E-state index contributed by atoms with van der Waals surface area (Å²) in [4.78, 5) is 16.1. The van der Waals surface area contributed by atoms with Gasteiger partial charge in [0.25, 0.3) is 5.56 Å². The molecule has 0 saturated carbocycles. The zero-order valence-corrected chi connectivity index (χ0v) is 19.9. The number of halogens is 1. The molecule has 1 saturated heterocycles. The molecule has 1 atom stereocenters. The van der Waals surface area contributed by atoms with Gasteiger partial charge in [-0.05, 0) is 35.4 Å². The largest absolute Gasteiger partial charge is 0.493 e. The fourth-order valence-electron chi connectivity index (χ4n) is 4.16. The van der Waals surface area contributed by atoms with Crippen LogP contribution in [0.1, 0.15) is 17.2 Å². The van der Waals surface area contributed by atoms with Gasteiger partial charge in [-0.15, -0.1) is 0 Å². The smallest absolute Gasteiger partial charge is 0.282 e. The normalized spacial score (nSPS) is 14.8. The van der Waals surface area contributed by atoms with E-state index in [0.29, 0.717) is 9.92 Å². The van der Waals surface area contributed by atoms with E-state index in [4.69, 9.17) is 16.3 Å². The van der Waals surface area contributed by atoms with Crippen LogP contribution >= 0.6 is 23.4 Å². The second kappa shape index (κ2) is 10.0. The van der Waals surface area contributed by atoms with Crippen LogP contribution in [-0.4, -0.2) is 41.2 Å². The lowest BCUT2D eigenvalue weighted by molar-refractivity contribution is 0.122. The SMILES string of the molecule is O=c1[nH]n(C(c2ccccc2)c2ccc(N3CCOCC3)cc2)c(O)c1Sc1ccccc1Cl. The van der Waals surface area contributed by atoms with Crippen LogP contribution in [0.4, 0.5) is 5.69 Å². The lowest BCUT2D eigenvalue weighted by atomic mass is 9.98. The molecular formula is C26H24ClN3O3S. The first-order valence-electron chi connectivity index (χ1n) is 11.1. The fraction of sp³-hybridized carbons (Fsp3) is 0.192. The maximum Gasteiger partial charge on any atom is 0.282 e. The minimum absolute atomic E-state index is 0.124. The Balaban J connectivity index is 1.54. The van der Waals surface area contributed by atoms with Gasteiger partial charge < -0.3 is 14.7 Å². The number of benzene rings is 3. The highest BCUT2D eigenvalue weighted by Gasteiger charge is 2.25. The molecule has 34 heavy (non-hydrogen) atoms. The van der Waals surface area contributed by atoms with Crippen LogP contribution in [-0.2, 0) is 4.74 Å². The highest BCUT2D eigenvalue weighted by Crippen LogP contribution is 2.38. The number of hydrogen-bond acceptors (Lipinski definition) is 5. The summed E-state index contributed by atoms with van der Waals surface area (Å²) in [5.74, 6) is -0.124. The van der Waals surface area contributed by atoms with Crippen molar-refractivity contribution in [2.24, 2.45) is 0 Å². The molecule has 5 rings (SSSR count). The molecule has 1 unspecified atom stereocenters. The van der Waals surface area contributed by atoms with Gasteiger partial charge in [-0.2, -0.15) is 0 Å². The molecule has 2 heterocycles. The van der Waals surface area contributed by atoms with Crippen molar-refractivity contribution in [2.75, 3.05) is 31.2 Å². The highest BCUT2D eigenvalue weighted by molar-refractivity contribution is 7.99. The van der Waals surface area contributed by atoms with Crippen LogP contribution < -0.4 is 10.5 Å². The Morgan fingerprint density at radius 1 is 0.912 bits per heavy atom. The summed E-state index contributed by atoms with van der Waals surface area (Å²) in [7, 11) is 0. The molecule has 4 aromatic rings. The summed E-state index contributed by atoms with van der Waals surface area (Å²) in [5, 5.41) is 14.5. The second-order valence-corrected chi connectivity index (χ2v) is 9.46. The number of rotatable bonds is 6. The standard InChI is InChI=1S/C26H24ClN3O3S/c27-21-8-4-5-9-22(21)34-24-25(31)28-30(26(24)32)23(18-6-2-1-3-7-18)19-10-12-20(13-11-19)29-14-16-33-17-15-29/h1-13,23,32H,14-17H2,(H,28,31). The predicted molar refractivity (Wildman–Crippen MR) is 135 cm³/mol. The van der Waals surface area contributed by atoms with Crippen LogP contribution in [0.3, 0.4) is 0 Å². The van der Waals surface area contributed by atoms with E-state index in [-0.39, 0.29) is 16.3 Å². The van der Waals surface area contributed by atoms with Gasteiger partial charge in [0.1, 0.15) is 10.9 Å². The number of anilines is 1. The van der Waals surface area contributed by atoms with E-state index in [1.807, 2.05) is 60.7 Å². The number of nitrogens with one attached hydrogen (secondary N) is 1. The minimum Gasteiger partial charge on any atom is -0.493 e. The Morgan fingerprint density at radius 3 is 2.26 bits per heavy atom. The molecule has 0 aliphatic carbocycles. The summed E-state index contributed by atoms with van der Waals surface area (Å²) in [6.07, 6.45) is 0. The first-order chi connectivity index (χ1) is 16.6.